The molecule has 0 unspecified atom stereocenters. The zero-order chi connectivity index (χ0) is 19.5. The van der Waals surface area contributed by atoms with Gasteiger partial charge in [-0.1, -0.05) is 41.9 Å². The lowest BCUT2D eigenvalue weighted by molar-refractivity contribution is -0.119. The van der Waals surface area contributed by atoms with Crippen LogP contribution in [0.3, 0.4) is 0 Å². The average molecular weight is 394 g/mol. The largest absolute Gasteiger partial charge is 0.436 e. The summed E-state index contributed by atoms with van der Waals surface area (Å²) in [6.45, 7) is 0.120. The van der Waals surface area contributed by atoms with Crippen LogP contribution in [0, 0.1) is 0 Å². The fourth-order valence-electron chi connectivity index (χ4n) is 2.95. The number of halogens is 1. The van der Waals surface area contributed by atoms with Crippen LogP contribution in [0.5, 0.6) is 11.6 Å². The second-order valence-electron chi connectivity index (χ2n) is 6.19. The molecule has 1 aliphatic heterocycles. The van der Waals surface area contributed by atoms with Gasteiger partial charge in [0.1, 0.15) is 12.1 Å². The van der Waals surface area contributed by atoms with E-state index < -0.39 is 0 Å². The summed E-state index contributed by atoms with van der Waals surface area (Å²) in [4.78, 5) is 31.2. The van der Waals surface area contributed by atoms with E-state index in [9.17, 15) is 9.59 Å². The molecule has 7 heteroatoms. The molecule has 3 aromatic rings. The number of carbonyl (C=O) groups excluding carboxylic acids is 2. The van der Waals surface area contributed by atoms with Gasteiger partial charge in [0.15, 0.2) is 5.75 Å². The van der Waals surface area contributed by atoms with Gasteiger partial charge in [0.05, 0.1) is 5.69 Å². The van der Waals surface area contributed by atoms with Gasteiger partial charge in [0.2, 0.25) is 11.8 Å². The molecule has 0 saturated heterocycles. The zero-order valence-corrected chi connectivity index (χ0v) is 15.5. The van der Waals surface area contributed by atoms with E-state index in [0.717, 1.165) is 5.56 Å². The number of rotatable bonds is 4. The third kappa shape index (κ3) is 3.54. The molecule has 0 spiro atoms. The molecule has 0 radical (unpaired) electrons. The molecular weight excluding hydrogens is 378 g/mol. The lowest BCUT2D eigenvalue weighted by Crippen LogP contribution is -2.40. The highest BCUT2D eigenvalue weighted by molar-refractivity contribution is 6.31. The van der Waals surface area contributed by atoms with Crippen molar-refractivity contribution in [3.8, 4) is 11.6 Å². The molecule has 0 atom stereocenters. The molecule has 0 aliphatic carbocycles. The molecule has 2 amide bonds. The fourth-order valence-corrected chi connectivity index (χ4v) is 3.15. The zero-order valence-electron chi connectivity index (χ0n) is 14.8. The number of carbonyl (C=O) groups is 2. The molecule has 28 heavy (non-hydrogen) atoms. The summed E-state index contributed by atoms with van der Waals surface area (Å²) in [6, 6.07) is 17.6. The summed E-state index contributed by atoms with van der Waals surface area (Å²) in [5.41, 5.74) is 1.62. The summed E-state index contributed by atoms with van der Waals surface area (Å²) in [5.74, 6) is 0.0301. The molecule has 1 aromatic heterocycles. The van der Waals surface area contributed by atoms with Crippen molar-refractivity contribution in [1.29, 1.82) is 0 Å². The predicted octanol–water partition coefficient (Wildman–Crippen LogP) is 3.80. The van der Waals surface area contributed by atoms with Crippen LogP contribution in [0.1, 0.15) is 15.9 Å². The van der Waals surface area contributed by atoms with Crippen molar-refractivity contribution >= 4 is 29.1 Å². The topological polar surface area (TPSA) is 71.5 Å². The first-order valence-corrected chi connectivity index (χ1v) is 9.05. The number of fused-ring (bicyclic) bond motifs is 2. The Kier molecular flexibility index (Phi) is 4.95. The summed E-state index contributed by atoms with van der Waals surface area (Å²) in [6.07, 6.45) is 1.56. The second kappa shape index (κ2) is 7.70. The average Bonchev–Trinajstić information content (AvgIpc) is 2.83. The molecule has 0 bridgehead atoms. The van der Waals surface area contributed by atoms with Gasteiger partial charge in [-0.15, -0.1) is 0 Å². The first-order chi connectivity index (χ1) is 13.6. The predicted molar refractivity (Wildman–Crippen MR) is 106 cm³/mol. The number of aromatic nitrogens is 1. The lowest BCUT2D eigenvalue weighted by Gasteiger charge is -2.21. The Hall–Kier alpha value is -3.38. The minimum absolute atomic E-state index is 0.155. The number of hydrogen-bond donors (Lipinski definition) is 1. The van der Waals surface area contributed by atoms with E-state index in [1.807, 2.05) is 18.2 Å². The van der Waals surface area contributed by atoms with Gasteiger partial charge in [-0.05, 0) is 35.9 Å². The van der Waals surface area contributed by atoms with E-state index in [2.05, 4.69) is 10.3 Å². The number of benzene rings is 2. The SMILES string of the molecule is O=C(CN1C(=O)c2cccnc2Oc2ccccc21)NCc1ccccc1Cl. The third-order valence-corrected chi connectivity index (χ3v) is 4.71. The number of nitrogens with one attached hydrogen (secondary N) is 1. The highest BCUT2D eigenvalue weighted by Crippen LogP contribution is 2.37. The number of nitrogens with zero attached hydrogens (tertiary/aromatic N) is 2. The standard InChI is InChI=1S/C21H16ClN3O3/c22-16-8-2-1-6-14(16)12-24-19(26)13-25-17-9-3-4-10-18(17)28-20-15(21(25)27)7-5-11-23-20/h1-11H,12-13H2,(H,24,26). The summed E-state index contributed by atoms with van der Waals surface area (Å²) in [5, 5.41) is 3.39. The number of pyridine rings is 1. The van der Waals surface area contributed by atoms with E-state index in [0.29, 0.717) is 22.0 Å². The highest BCUT2D eigenvalue weighted by atomic mass is 35.5. The second-order valence-corrected chi connectivity index (χ2v) is 6.59. The van der Waals surface area contributed by atoms with Crippen LogP contribution in [-0.4, -0.2) is 23.3 Å². The number of anilines is 1. The third-order valence-electron chi connectivity index (χ3n) is 4.34. The molecule has 4 rings (SSSR count). The molecular formula is C21H16ClN3O3. The van der Waals surface area contributed by atoms with E-state index in [-0.39, 0.29) is 30.8 Å². The number of ether oxygens (including phenoxy) is 1. The van der Waals surface area contributed by atoms with Gasteiger partial charge in [0.25, 0.3) is 5.91 Å². The number of para-hydroxylation sites is 2. The lowest BCUT2D eigenvalue weighted by atomic mass is 10.2. The maximum absolute atomic E-state index is 13.1. The molecule has 1 N–H and O–H groups in total. The van der Waals surface area contributed by atoms with Gasteiger partial charge in [-0.25, -0.2) is 4.98 Å². The minimum atomic E-state index is -0.346. The fraction of sp³-hybridized carbons (Fsp3) is 0.0952. The molecule has 0 saturated carbocycles. The Labute approximate surface area is 166 Å². The van der Waals surface area contributed by atoms with Crippen LogP contribution in [0.15, 0.2) is 66.9 Å². The van der Waals surface area contributed by atoms with Crippen LogP contribution in [0.4, 0.5) is 5.69 Å². The van der Waals surface area contributed by atoms with Gasteiger partial charge in [-0.3, -0.25) is 14.5 Å². The van der Waals surface area contributed by atoms with E-state index >= 15 is 0 Å². The first-order valence-electron chi connectivity index (χ1n) is 8.67. The number of hydrogen-bond acceptors (Lipinski definition) is 4. The van der Waals surface area contributed by atoms with Crippen molar-refractivity contribution < 1.29 is 14.3 Å². The van der Waals surface area contributed by atoms with Crippen molar-refractivity contribution in [1.82, 2.24) is 10.3 Å². The van der Waals surface area contributed by atoms with Gasteiger partial charge in [-0.2, -0.15) is 0 Å². The molecule has 2 aromatic carbocycles. The normalized spacial score (nSPS) is 12.5. The Balaban J connectivity index is 1.58. The minimum Gasteiger partial charge on any atom is -0.436 e. The van der Waals surface area contributed by atoms with Crippen molar-refractivity contribution in [3.63, 3.8) is 0 Å². The van der Waals surface area contributed by atoms with Crippen LogP contribution in [-0.2, 0) is 11.3 Å². The van der Waals surface area contributed by atoms with Crippen molar-refractivity contribution in [2.45, 2.75) is 6.54 Å². The quantitative estimate of drug-likeness (QED) is 0.731. The van der Waals surface area contributed by atoms with Crippen LogP contribution in [0.2, 0.25) is 5.02 Å². The van der Waals surface area contributed by atoms with Crippen molar-refractivity contribution in [2.75, 3.05) is 11.4 Å². The maximum atomic E-state index is 13.1. The maximum Gasteiger partial charge on any atom is 0.264 e. The Morgan fingerprint density at radius 3 is 2.71 bits per heavy atom. The van der Waals surface area contributed by atoms with Gasteiger partial charge < -0.3 is 10.1 Å². The van der Waals surface area contributed by atoms with Gasteiger partial charge in [0, 0.05) is 17.8 Å². The van der Waals surface area contributed by atoms with E-state index in [1.54, 1.807) is 48.7 Å². The van der Waals surface area contributed by atoms with E-state index in [4.69, 9.17) is 16.3 Å². The molecule has 2 heterocycles. The summed E-state index contributed by atoms with van der Waals surface area (Å²) in [7, 11) is 0. The van der Waals surface area contributed by atoms with Gasteiger partial charge >= 0.3 is 0 Å². The highest BCUT2D eigenvalue weighted by Gasteiger charge is 2.30. The van der Waals surface area contributed by atoms with Crippen molar-refractivity contribution in [2.24, 2.45) is 0 Å². The number of amides is 2. The first kappa shape index (κ1) is 18.0. The smallest absolute Gasteiger partial charge is 0.264 e. The summed E-state index contributed by atoms with van der Waals surface area (Å²) >= 11 is 6.13. The molecule has 0 fully saturated rings. The monoisotopic (exact) mass is 393 g/mol. The van der Waals surface area contributed by atoms with E-state index in [1.165, 1.54) is 4.90 Å². The van der Waals surface area contributed by atoms with Crippen LogP contribution in [0.25, 0.3) is 0 Å². The summed E-state index contributed by atoms with van der Waals surface area (Å²) < 4.78 is 5.81. The molecule has 1 aliphatic rings. The Morgan fingerprint density at radius 2 is 1.86 bits per heavy atom. The molecule has 140 valence electrons. The molecule has 6 nitrogen and oxygen atoms in total. The van der Waals surface area contributed by atoms with Crippen molar-refractivity contribution in [3.05, 3.63) is 83.0 Å². The Bertz CT molecular complexity index is 1050. The Morgan fingerprint density at radius 1 is 1.07 bits per heavy atom. The van der Waals surface area contributed by atoms with Crippen LogP contribution < -0.4 is 15.0 Å². The van der Waals surface area contributed by atoms with Crippen LogP contribution >= 0.6 is 11.6 Å².